The number of hydrogen-bond acceptors (Lipinski definition) is 5. The van der Waals surface area contributed by atoms with Crippen LogP contribution in [0.25, 0.3) is 11.5 Å². The molecule has 0 N–H and O–H groups in total. The predicted octanol–water partition coefficient (Wildman–Crippen LogP) is 4.26. The highest BCUT2D eigenvalue weighted by Crippen LogP contribution is 2.25. The zero-order valence-corrected chi connectivity index (χ0v) is 13.7. The molecule has 0 saturated carbocycles. The van der Waals surface area contributed by atoms with E-state index in [0.29, 0.717) is 17.4 Å². The molecule has 0 saturated heterocycles. The smallest absolute Gasteiger partial charge is 0.289 e. The van der Waals surface area contributed by atoms with E-state index in [1.807, 2.05) is 61.6 Å². The number of hydrogen-bond donors (Lipinski definition) is 1. The summed E-state index contributed by atoms with van der Waals surface area (Å²) in [5.74, 6) is 0.483. The fraction of sp³-hybridized carbons (Fsp3) is 0.125. The van der Waals surface area contributed by atoms with Crippen LogP contribution in [0.5, 0.6) is 0 Å². The third-order valence-corrected chi connectivity index (χ3v) is 3.97. The third-order valence-electron chi connectivity index (χ3n) is 3.28. The summed E-state index contributed by atoms with van der Waals surface area (Å²) < 4.78 is 7.27. The quantitative estimate of drug-likeness (QED) is 0.573. The number of thiol groups is 1. The fourth-order valence-electron chi connectivity index (χ4n) is 2.12. The van der Waals surface area contributed by atoms with Crippen molar-refractivity contribution in [2.45, 2.75) is 11.6 Å². The third kappa shape index (κ3) is 3.08. The standard InChI is InChI=1S/C16H15N3OS2/c1-18(12-7-3-2-4-8-12)11-19-16(22)20-15(17-19)13-9-5-6-10-14(13)21/h2-10,21H,11H2,1H3. The van der Waals surface area contributed by atoms with Gasteiger partial charge in [0.25, 0.3) is 4.84 Å². The highest BCUT2D eigenvalue weighted by Gasteiger charge is 2.12. The van der Waals surface area contributed by atoms with Gasteiger partial charge in [0.15, 0.2) is 0 Å². The van der Waals surface area contributed by atoms with E-state index in [2.05, 4.69) is 22.6 Å². The molecule has 0 aliphatic heterocycles. The second kappa shape index (κ2) is 6.37. The second-order valence-electron chi connectivity index (χ2n) is 4.86. The molecule has 4 nitrogen and oxygen atoms in total. The van der Waals surface area contributed by atoms with Gasteiger partial charge in [-0.3, -0.25) is 0 Å². The minimum atomic E-state index is 0.342. The molecule has 0 atom stereocenters. The van der Waals surface area contributed by atoms with Crippen LogP contribution in [0.4, 0.5) is 5.69 Å². The minimum Gasteiger partial charge on any atom is -0.409 e. The molecule has 1 heterocycles. The van der Waals surface area contributed by atoms with Crippen LogP contribution in [0.15, 0.2) is 63.9 Å². The van der Waals surface area contributed by atoms with Crippen LogP contribution in [-0.2, 0) is 6.67 Å². The van der Waals surface area contributed by atoms with Crippen molar-refractivity contribution in [3.8, 4) is 11.5 Å². The Morgan fingerprint density at radius 3 is 2.55 bits per heavy atom. The lowest BCUT2D eigenvalue weighted by Gasteiger charge is -2.18. The maximum Gasteiger partial charge on any atom is 0.289 e. The molecule has 0 aliphatic carbocycles. The molecule has 112 valence electrons. The number of benzene rings is 2. The first-order chi connectivity index (χ1) is 10.6. The highest BCUT2D eigenvalue weighted by atomic mass is 32.1. The lowest BCUT2D eigenvalue weighted by Crippen LogP contribution is -2.22. The molecule has 3 aromatic rings. The normalized spacial score (nSPS) is 10.6. The molecule has 0 fully saturated rings. The molecular weight excluding hydrogens is 314 g/mol. The molecule has 0 unspecified atom stereocenters. The number of nitrogens with zero attached hydrogens (tertiary/aromatic N) is 3. The molecule has 0 amide bonds. The lowest BCUT2D eigenvalue weighted by atomic mass is 10.2. The Labute approximate surface area is 139 Å². The van der Waals surface area contributed by atoms with Crippen LogP contribution >= 0.6 is 24.8 Å². The molecule has 0 aliphatic rings. The van der Waals surface area contributed by atoms with Crippen molar-refractivity contribution in [1.82, 2.24) is 9.78 Å². The maximum absolute atomic E-state index is 5.61. The molecular formula is C16H15N3OS2. The van der Waals surface area contributed by atoms with Crippen molar-refractivity contribution in [3.63, 3.8) is 0 Å². The molecule has 2 aromatic carbocycles. The van der Waals surface area contributed by atoms with E-state index in [1.165, 1.54) is 0 Å². The Kier molecular flexibility index (Phi) is 4.31. The molecule has 22 heavy (non-hydrogen) atoms. The van der Waals surface area contributed by atoms with Crippen LogP contribution in [0, 0.1) is 4.84 Å². The van der Waals surface area contributed by atoms with E-state index >= 15 is 0 Å². The van der Waals surface area contributed by atoms with E-state index in [-0.39, 0.29) is 0 Å². The summed E-state index contributed by atoms with van der Waals surface area (Å²) in [7, 11) is 1.98. The van der Waals surface area contributed by atoms with Gasteiger partial charge in [-0.25, -0.2) is 4.68 Å². The van der Waals surface area contributed by atoms with Crippen LogP contribution in [0.3, 0.4) is 0 Å². The van der Waals surface area contributed by atoms with E-state index in [0.717, 1.165) is 16.1 Å². The van der Waals surface area contributed by atoms with Gasteiger partial charge in [-0.2, -0.15) is 0 Å². The average Bonchev–Trinajstić information content (AvgIpc) is 2.89. The van der Waals surface area contributed by atoms with Crippen molar-refractivity contribution in [2.75, 3.05) is 11.9 Å². The molecule has 0 spiro atoms. The SMILES string of the molecule is CN(Cn1nc(-c2ccccc2S)oc1=S)c1ccccc1. The van der Waals surface area contributed by atoms with Crippen molar-refractivity contribution in [3.05, 3.63) is 59.4 Å². The maximum atomic E-state index is 5.61. The zero-order chi connectivity index (χ0) is 15.5. The molecule has 3 rings (SSSR count). The molecule has 1 aromatic heterocycles. The Balaban J connectivity index is 1.88. The summed E-state index contributed by atoms with van der Waals surface area (Å²) in [4.78, 5) is 3.20. The Bertz CT molecular complexity index is 827. The van der Waals surface area contributed by atoms with Gasteiger partial charge in [0.1, 0.15) is 6.67 Å². The van der Waals surface area contributed by atoms with Crippen molar-refractivity contribution < 1.29 is 4.42 Å². The fourth-order valence-corrected chi connectivity index (χ4v) is 2.56. The van der Waals surface area contributed by atoms with Gasteiger partial charge in [-0.1, -0.05) is 30.3 Å². The Morgan fingerprint density at radius 1 is 1.14 bits per heavy atom. The van der Waals surface area contributed by atoms with E-state index in [9.17, 15) is 0 Å². The molecule has 6 heteroatoms. The monoisotopic (exact) mass is 329 g/mol. The summed E-state index contributed by atoms with van der Waals surface area (Å²) >= 11 is 9.69. The van der Waals surface area contributed by atoms with Crippen LogP contribution in [0.1, 0.15) is 0 Å². The van der Waals surface area contributed by atoms with Gasteiger partial charge >= 0.3 is 0 Å². The second-order valence-corrected chi connectivity index (χ2v) is 5.70. The summed E-state index contributed by atoms with van der Waals surface area (Å²) in [6.07, 6.45) is 0. The van der Waals surface area contributed by atoms with Crippen molar-refractivity contribution >= 4 is 30.5 Å². The van der Waals surface area contributed by atoms with Gasteiger partial charge in [0.05, 0.1) is 5.56 Å². The van der Waals surface area contributed by atoms with Gasteiger partial charge in [0, 0.05) is 17.6 Å². The lowest BCUT2D eigenvalue weighted by molar-refractivity contribution is 0.509. The van der Waals surface area contributed by atoms with Crippen LogP contribution in [-0.4, -0.2) is 16.8 Å². The number of aromatic nitrogens is 2. The minimum absolute atomic E-state index is 0.342. The molecule has 0 bridgehead atoms. The molecule has 0 radical (unpaired) electrons. The van der Waals surface area contributed by atoms with Gasteiger partial charge in [-0.05, 0) is 36.5 Å². The first kappa shape index (κ1) is 14.9. The Morgan fingerprint density at radius 2 is 1.82 bits per heavy atom. The largest absolute Gasteiger partial charge is 0.409 e. The number of rotatable bonds is 4. The van der Waals surface area contributed by atoms with E-state index < -0.39 is 0 Å². The summed E-state index contributed by atoms with van der Waals surface area (Å²) in [5, 5.41) is 4.46. The van der Waals surface area contributed by atoms with E-state index in [1.54, 1.807) is 4.68 Å². The summed E-state index contributed by atoms with van der Waals surface area (Å²) in [5.41, 5.74) is 1.92. The van der Waals surface area contributed by atoms with Gasteiger partial charge in [-0.15, -0.1) is 17.7 Å². The van der Waals surface area contributed by atoms with Crippen molar-refractivity contribution in [2.24, 2.45) is 0 Å². The number of para-hydroxylation sites is 1. The van der Waals surface area contributed by atoms with Gasteiger partial charge in [0.2, 0.25) is 5.89 Å². The van der Waals surface area contributed by atoms with Crippen molar-refractivity contribution in [1.29, 1.82) is 0 Å². The van der Waals surface area contributed by atoms with Gasteiger partial charge < -0.3 is 9.32 Å². The van der Waals surface area contributed by atoms with E-state index in [4.69, 9.17) is 16.6 Å². The summed E-state index contributed by atoms with van der Waals surface area (Å²) in [6, 6.07) is 17.7. The zero-order valence-electron chi connectivity index (χ0n) is 12.0. The topological polar surface area (TPSA) is 34.2 Å². The van der Waals surface area contributed by atoms with Crippen LogP contribution < -0.4 is 4.90 Å². The summed E-state index contributed by atoms with van der Waals surface area (Å²) in [6.45, 7) is 0.515. The first-order valence-electron chi connectivity index (χ1n) is 6.77. The Hall–Kier alpha value is -2.05. The first-order valence-corrected chi connectivity index (χ1v) is 7.63. The number of anilines is 1. The predicted molar refractivity (Wildman–Crippen MR) is 92.9 cm³/mol. The highest BCUT2D eigenvalue weighted by molar-refractivity contribution is 7.80. The average molecular weight is 329 g/mol. The van der Waals surface area contributed by atoms with Crippen LogP contribution in [0.2, 0.25) is 0 Å².